The first-order chi connectivity index (χ1) is 8.93. The first-order valence-electron chi connectivity index (χ1n) is 6.19. The third-order valence-electron chi connectivity index (χ3n) is 2.61. The number of esters is 1. The van der Waals surface area contributed by atoms with E-state index in [0.717, 1.165) is 0 Å². The lowest BCUT2D eigenvalue weighted by molar-refractivity contribution is -0.117. The third kappa shape index (κ3) is 4.71. The van der Waals surface area contributed by atoms with Crippen molar-refractivity contribution in [3.8, 4) is 0 Å². The fourth-order valence-electron chi connectivity index (χ4n) is 1.69. The summed E-state index contributed by atoms with van der Waals surface area (Å²) in [6.07, 6.45) is 0.614. The number of ether oxygens (including phenoxy) is 1. The predicted octanol–water partition coefficient (Wildman–Crippen LogP) is 1.79. The van der Waals surface area contributed by atoms with E-state index < -0.39 is 12.0 Å². The molecule has 0 bridgehead atoms. The normalized spacial score (nSPS) is 12.1. The molecule has 0 aliphatic rings. The summed E-state index contributed by atoms with van der Waals surface area (Å²) in [7, 11) is 1.31. The summed E-state index contributed by atoms with van der Waals surface area (Å²) in [5.74, 6) is -0.347. The van der Waals surface area contributed by atoms with Crippen LogP contribution in [0, 0.1) is 5.92 Å². The highest BCUT2D eigenvalue weighted by atomic mass is 16.5. The van der Waals surface area contributed by atoms with Crippen molar-refractivity contribution in [3.05, 3.63) is 29.8 Å². The monoisotopic (exact) mass is 264 g/mol. The topological polar surface area (TPSA) is 81.4 Å². The Labute approximate surface area is 113 Å². The fourth-order valence-corrected chi connectivity index (χ4v) is 1.69. The van der Waals surface area contributed by atoms with Gasteiger partial charge in [0.15, 0.2) is 0 Å². The maximum Gasteiger partial charge on any atom is 0.337 e. The molecule has 0 aliphatic heterocycles. The first-order valence-corrected chi connectivity index (χ1v) is 6.19. The average molecular weight is 264 g/mol. The zero-order chi connectivity index (χ0) is 14.4. The second kappa shape index (κ2) is 6.89. The summed E-state index contributed by atoms with van der Waals surface area (Å²) in [5.41, 5.74) is 6.71. The van der Waals surface area contributed by atoms with Gasteiger partial charge in [-0.3, -0.25) is 4.79 Å². The van der Waals surface area contributed by atoms with Gasteiger partial charge in [-0.05, 0) is 30.5 Å². The van der Waals surface area contributed by atoms with Gasteiger partial charge < -0.3 is 15.8 Å². The van der Waals surface area contributed by atoms with Crippen molar-refractivity contribution in [3.63, 3.8) is 0 Å². The van der Waals surface area contributed by atoms with E-state index >= 15 is 0 Å². The predicted molar refractivity (Wildman–Crippen MR) is 73.8 cm³/mol. The lowest BCUT2D eigenvalue weighted by Gasteiger charge is -2.14. The molecule has 0 unspecified atom stereocenters. The van der Waals surface area contributed by atoms with Crippen molar-refractivity contribution in [2.75, 3.05) is 12.4 Å². The van der Waals surface area contributed by atoms with E-state index in [1.54, 1.807) is 24.3 Å². The molecular weight excluding hydrogens is 244 g/mol. The zero-order valence-electron chi connectivity index (χ0n) is 11.5. The number of amides is 1. The van der Waals surface area contributed by atoms with Gasteiger partial charge in [0.05, 0.1) is 18.7 Å². The summed E-state index contributed by atoms with van der Waals surface area (Å²) in [4.78, 5) is 23.2. The van der Waals surface area contributed by atoms with E-state index in [-0.39, 0.29) is 5.91 Å². The van der Waals surface area contributed by atoms with Gasteiger partial charge in [0.1, 0.15) is 0 Å². The highest BCUT2D eigenvalue weighted by Gasteiger charge is 2.15. The second-order valence-electron chi connectivity index (χ2n) is 4.80. The molecule has 19 heavy (non-hydrogen) atoms. The number of nitrogens with one attached hydrogen (secondary N) is 1. The Morgan fingerprint density at radius 2 is 2.05 bits per heavy atom. The lowest BCUT2D eigenvalue weighted by Crippen LogP contribution is -2.36. The molecular formula is C14H20N2O3. The molecule has 0 aromatic heterocycles. The molecule has 0 spiro atoms. The van der Waals surface area contributed by atoms with Gasteiger partial charge in [0, 0.05) is 5.69 Å². The molecule has 5 heteroatoms. The fraction of sp³-hybridized carbons (Fsp3) is 0.429. The number of anilines is 1. The molecule has 1 atom stereocenters. The van der Waals surface area contributed by atoms with Crippen LogP contribution in [0.1, 0.15) is 30.6 Å². The molecule has 0 radical (unpaired) electrons. The number of nitrogens with two attached hydrogens (primary N) is 1. The van der Waals surface area contributed by atoms with Crippen LogP contribution in [-0.2, 0) is 9.53 Å². The molecule has 1 amide bonds. The molecule has 1 aromatic rings. The Balaban J connectivity index is 2.72. The molecule has 1 aromatic carbocycles. The van der Waals surface area contributed by atoms with Crippen LogP contribution in [0.4, 0.5) is 5.69 Å². The van der Waals surface area contributed by atoms with Crippen molar-refractivity contribution in [1.29, 1.82) is 0 Å². The van der Waals surface area contributed by atoms with Crippen molar-refractivity contribution in [2.45, 2.75) is 26.3 Å². The third-order valence-corrected chi connectivity index (χ3v) is 2.61. The van der Waals surface area contributed by atoms with Crippen LogP contribution < -0.4 is 11.1 Å². The van der Waals surface area contributed by atoms with Crippen LogP contribution in [-0.4, -0.2) is 25.0 Å². The minimum Gasteiger partial charge on any atom is -0.465 e. The SMILES string of the molecule is COC(=O)c1cccc(NC(=O)[C@@H](N)CC(C)C)c1. The maximum atomic E-state index is 11.8. The minimum atomic E-state index is -0.554. The Morgan fingerprint density at radius 3 is 2.63 bits per heavy atom. The summed E-state index contributed by atoms with van der Waals surface area (Å²) in [6.45, 7) is 4.01. The number of rotatable bonds is 5. The van der Waals surface area contributed by atoms with E-state index in [2.05, 4.69) is 10.1 Å². The Morgan fingerprint density at radius 1 is 1.37 bits per heavy atom. The van der Waals surface area contributed by atoms with E-state index in [0.29, 0.717) is 23.6 Å². The van der Waals surface area contributed by atoms with Crippen molar-refractivity contribution >= 4 is 17.6 Å². The van der Waals surface area contributed by atoms with E-state index in [1.807, 2.05) is 13.8 Å². The molecule has 0 fully saturated rings. The molecule has 3 N–H and O–H groups in total. The molecule has 1 rings (SSSR count). The van der Waals surface area contributed by atoms with Crippen molar-refractivity contribution in [2.24, 2.45) is 11.7 Å². The van der Waals surface area contributed by atoms with Crippen LogP contribution >= 0.6 is 0 Å². The van der Waals surface area contributed by atoms with Crippen LogP contribution in [0.5, 0.6) is 0 Å². The van der Waals surface area contributed by atoms with Gasteiger partial charge in [-0.1, -0.05) is 19.9 Å². The number of hydrogen-bond donors (Lipinski definition) is 2. The van der Waals surface area contributed by atoms with Crippen LogP contribution in [0.2, 0.25) is 0 Å². The number of hydrogen-bond acceptors (Lipinski definition) is 4. The van der Waals surface area contributed by atoms with E-state index in [4.69, 9.17) is 5.73 Å². The Hall–Kier alpha value is -1.88. The van der Waals surface area contributed by atoms with Crippen molar-refractivity contribution in [1.82, 2.24) is 0 Å². The Bertz CT molecular complexity index is 458. The zero-order valence-corrected chi connectivity index (χ0v) is 11.5. The molecule has 0 saturated heterocycles. The largest absolute Gasteiger partial charge is 0.465 e. The van der Waals surface area contributed by atoms with Crippen molar-refractivity contribution < 1.29 is 14.3 Å². The Kier molecular flexibility index (Phi) is 5.51. The van der Waals surface area contributed by atoms with Gasteiger partial charge in [-0.25, -0.2) is 4.79 Å². The van der Waals surface area contributed by atoms with E-state index in [9.17, 15) is 9.59 Å². The smallest absolute Gasteiger partial charge is 0.337 e. The highest BCUT2D eigenvalue weighted by Crippen LogP contribution is 2.13. The van der Waals surface area contributed by atoms with Gasteiger partial charge in [-0.2, -0.15) is 0 Å². The highest BCUT2D eigenvalue weighted by molar-refractivity contribution is 5.96. The minimum absolute atomic E-state index is 0.254. The quantitative estimate of drug-likeness (QED) is 0.794. The van der Waals surface area contributed by atoms with Gasteiger partial charge in [0.2, 0.25) is 5.91 Å². The van der Waals surface area contributed by atoms with E-state index in [1.165, 1.54) is 7.11 Å². The van der Waals surface area contributed by atoms with Crippen LogP contribution in [0.25, 0.3) is 0 Å². The molecule has 5 nitrogen and oxygen atoms in total. The van der Waals surface area contributed by atoms with Gasteiger partial charge >= 0.3 is 5.97 Å². The number of carbonyl (C=O) groups is 2. The lowest BCUT2D eigenvalue weighted by atomic mass is 10.0. The molecule has 104 valence electrons. The maximum absolute atomic E-state index is 11.8. The van der Waals surface area contributed by atoms with Gasteiger partial charge in [-0.15, -0.1) is 0 Å². The number of carbonyl (C=O) groups excluding carboxylic acids is 2. The second-order valence-corrected chi connectivity index (χ2v) is 4.80. The summed E-state index contributed by atoms with van der Waals surface area (Å²) in [6, 6.07) is 6.01. The molecule has 0 heterocycles. The number of methoxy groups -OCH3 is 1. The van der Waals surface area contributed by atoms with Gasteiger partial charge in [0.25, 0.3) is 0 Å². The summed E-state index contributed by atoms with van der Waals surface area (Å²) in [5, 5.41) is 2.69. The summed E-state index contributed by atoms with van der Waals surface area (Å²) < 4.78 is 4.62. The molecule has 0 aliphatic carbocycles. The average Bonchev–Trinajstić information content (AvgIpc) is 2.37. The molecule has 0 saturated carbocycles. The standard InChI is InChI=1S/C14H20N2O3/c1-9(2)7-12(15)13(17)16-11-6-4-5-10(8-11)14(18)19-3/h4-6,8-9,12H,7,15H2,1-3H3,(H,16,17)/t12-/m0/s1. The van der Waals surface area contributed by atoms with Crippen LogP contribution in [0.15, 0.2) is 24.3 Å². The van der Waals surface area contributed by atoms with Crippen LogP contribution in [0.3, 0.4) is 0 Å². The number of benzene rings is 1. The first kappa shape index (κ1) is 15.2. The summed E-state index contributed by atoms with van der Waals surface area (Å²) >= 11 is 0.